The van der Waals surface area contributed by atoms with Gasteiger partial charge in [-0.1, -0.05) is 18.0 Å². The highest BCUT2D eigenvalue weighted by Gasteiger charge is 2.43. The Morgan fingerprint density at radius 1 is 1.14 bits per heavy atom. The monoisotopic (exact) mass is 327 g/mol. The minimum absolute atomic E-state index is 0.00466. The zero-order chi connectivity index (χ0) is 15.9. The molecule has 0 atom stereocenters. The maximum Gasteiger partial charge on any atom is 0.220 e. The molecule has 8 heteroatoms. The minimum atomic E-state index is -1.04. The van der Waals surface area contributed by atoms with E-state index in [0.29, 0.717) is 12.8 Å². The molecule has 4 N–H and O–H groups in total. The molecule has 22 heavy (non-hydrogen) atoms. The Hall–Kier alpha value is -1.89. The summed E-state index contributed by atoms with van der Waals surface area (Å²) >= 11 is 5.87. The molecule has 1 aliphatic carbocycles. The molecule has 0 amide bonds. The summed E-state index contributed by atoms with van der Waals surface area (Å²) < 4.78 is 28.0. The third-order valence-corrected chi connectivity index (χ3v) is 4.28. The SMILES string of the molecule is NC1=NC2(CCCCC2)N(c2cc(Cl)cc(F)c2F)C(N)=N1. The van der Waals surface area contributed by atoms with Crippen LogP contribution in [0.2, 0.25) is 5.02 Å². The Morgan fingerprint density at radius 3 is 2.50 bits per heavy atom. The van der Waals surface area contributed by atoms with Gasteiger partial charge in [-0.15, -0.1) is 0 Å². The van der Waals surface area contributed by atoms with Crippen LogP contribution in [0.25, 0.3) is 0 Å². The van der Waals surface area contributed by atoms with Crippen LogP contribution in [0, 0.1) is 11.6 Å². The highest BCUT2D eigenvalue weighted by Crippen LogP contribution is 2.41. The molecule has 0 saturated heterocycles. The molecular weight excluding hydrogens is 312 g/mol. The van der Waals surface area contributed by atoms with Crippen molar-refractivity contribution in [3.05, 3.63) is 28.8 Å². The number of guanidine groups is 2. The summed E-state index contributed by atoms with van der Waals surface area (Å²) in [5.74, 6) is -2.01. The van der Waals surface area contributed by atoms with Gasteiger partial charge in [0, 0.05) is 5.02 Å². The van der Waals surface area contributed by atoms with Crippen LogP contribution in [0.1, 0.15) is 32.1 Å². The largest absolute Gasteiger partial charge is 0.369 e. The maximum absolute atomic E-state index is 14.3. The van der Waals surface area contributed by atoms with E-state index < -0.39 is 17.3 Å². The molecule has 5 nitrogen and oxygen atoms in total. The van der Waals surface area contributed by atoms with Crippen molar-refractivity contribution in [3.8, 4) is 0 Å². The topological polar surface area (TPSA) is 80.0 Å². The standard InChI is InChI=1S/C14H16ClF2N5/c15-8-6-9(16)11(17)10(7-8)22-13(19)20-12(18)21-14(22)4-2-1-3-5-14/h6-7H,1-5H2,(H4,18,19,20,21). The average molecular weight is 328 g/mol. The van der Waals surface area contributed by atoms with Crippen LogP contribution in [0.5, 0.6) is 0 Å². The minimum Gasteiger partial charge on any atom is -0.369 e. The van der Waals surface area contributed by atoms with Crippen molar-refractivity contribution >= 4 is 29.2 Å². The first-order valence-corrected chi connectivity index (χ1v) is 7.45. The van der Waals surface area contributed by atoms with E-state index in [1.807, 2.05) is 0 Å². The van der Waals surface area contributed by atoms with E-state index >= 15 is 0 Å². The number of rotatable bonds is 1. The van der Waals surface area contributed by atoms with Gasteiger partial charge >= 0.3 is 0 Å². The maximum atomic E-state index is 14.3. The fourth-order valence-electron chi connectivity index (χ4n) is 3.17. The van der Waals surface area contributed by atoms with Gasteiger partial charge in [0.15, 0.2) is 11.6 Å². The van der Waals surface area contributed by atoms with Crippen LogP contribution >= 0.6 is 11.6 Å². The average Bonchev–Trinajstić information content (AvgIpc) is 2.44. The molecule has 0 aromatic heterocycles. The molecule has 1 aromatic rings. The number of nitrogens with two attached hydrogens (primary N) is 2. The van der Waals surface area contributed by atoms with Crippen molar-refractivity contribution in [2.45, 2.75) is 37.8 Å². The Kier molecular flexibility index (Phi) is 3.68. The van der Waals surface area contributed by atoms with Gasteiger partial charge in [0.05, 0.1) is 5.69 Å². The second kappa shape index (κ2) is 5.39. The van der Waals surface area contributed by atoms with Gasteiger partial charge in [-0.25, -0.2) is 13.8 Å². The van der Waals surface area contributed by atoms with Crippen molar-refractivity contribution in [3.63, 3.8) is 0 Å². The summed E-state index contributed by atoms with van der Waals surface area (Å²) in [6, 6.07) is 2.25. The van der Waals surface area contributed by atoms with Crippen LogP contribution in [-0.4, -0.2) is 17.6 Å². The summed E-state index contributed by atoms with van der Waals surface area (Å²) in [5.41, 5.74) is 10.8. The summed E-state index contributed by atoms with van der Waals surface area (Å²) in [6.45, 7) is 0. The van der Waals surface area contributed by atoms with Crippen molar-refractivity contribution in [1.29, 1.82) is 0 Å². The number of halogens is 3. The van der Waals surface area contributed by atoms with E-state index in [0.717, 1.165) is 25.3 Å². The number of anilines is 1. The quantitative estimate of drug-likeness (QED) is 0.778. The molecule has 1 aliphatic heterocycles. The Labute approximate surface area is 131 Å². The first-order chi connectivity index (χ1) is 10.4. The molecule has 3 rings (SSSR count). The van der Waals surface area contributed by atoms with Gasteiger partial charge in [0.25, 0.3) is 0 Å². The van der Waals surface area contributed by atoms with Crippen LogP contribution in [-0.2, 0) is 0 Å². The molecule has 1 fully saturated rings. The van der Waals surface area contributed by atoms with E-state index in [1.54, 1.807) is 0 Å². The number of benzene rings is 1. The van der Waals surface area contributed by atoms with Gasteiger partial charge in [0.1, 0.15) is 5.66 Å². The molecule has 0 unspecified atom stereocenters. The van der Waals surface area contributed by atoms with Crippen LogP contribution in [0.4, 0.5) is 14.5 Å². The molecule has 1 aromatic carbocycles. The molecule has 1 heterocycles. The number of nitrogens with zero attached hydrogens (tertiary/aromatic N) is 3. The van der Waals surface area contributed by atoms with Crippen LogP contribution in [0.15, 0.2) is 22.1 Å². The fourth-order valence-corrected chi connectivity index (χ4v) is 3.37. The highest BCUT2D eigenvalue weighted by atomic mass is 35.5. The molecule has 2 aliphatic rings. The van der Waals surface area contributed by atoms with E-state index in [1.165, 1.54) is 11.0 Å². The second-order valence-electron chi connectivity index (χ2n) is 5.54. The lowest BCUT2D eigenvalue weighted by molar-refractivity contribution is 0.303. The van der Waals surface area contributed by atoms with E-state index in [9.17, 15) is 8.78 Å². The number of aliphatic imine (C=N–C) groups is 2. The predicted octanol–water partition coefficient (Wildman–Crippen LogP) is 2.73. The lowest BCUT2D eigenvalue weighted by Gasteiger charge is -2.45. The lowest BCUT2D eigenvalue weighted by atomic mass is 9.87. The Bertz CT molecular complexity index is 667. The van der Waals surface area contributed by atoms with Crippen molar-refractivity contribution in [1.82, 2.24) is 0 Å². The van der Waals surface area contributed by atoms with Crippen molar-refractivity contribution < 1.29 is 8.78 Å². The first-order valence-electron chi connectivity index (χ1n) is 7.07. The number of hydrogen-bond acceptors (Lipinski definition) is 5. The van der Waals surface area contributed by atoms with E-state index in [-0.39, 0.29) is 22.6 Å². The van der Waals surface area contributed by atoms with E-state index in [2.05, 4.69) is 9.98 Å². The number of hydrogen-bond donors (Lipinski definition) is 2. The van der Waals surface area contributed by atoms with Crippen molar-refractivity contribution in [2.75, 3.05) is 4.90 Å². The molecule has 0 radical (unpaired) electrons. The molecule has 1 saturated carbocycles. The van der Waals surface area contributed by atoms with Crippen LogP contribution < -0.4 is 16.4 Å². The van der Waals surface area contributed by atoms with Crippen LogP contribution in [0.3, 0.4) is 0 Å². The fraction of sp³-hybridized carbons (Fsp3) is 0.429. The zero-order valence-electron chi connectivity index (χ0n) is 11.8. The van der Waals surface area contributed by atoms with Gasteiger partial charge in [-0.3, -0.25) is 4.90 Å². The normalized spacial score (nSPS) is 20.8. The van der Waals surface area contributed by atoms with E-state index in [4.69, 9.17) is 23.1 Å². The molecule has 0 bridgehead atoms. The van der Waals surface area contributed by atoms with Gasteiger partial charge in [-0.05, 0) is 37.8 Å². The molecular formula is C14H16ClF2N5. The lowest BCUT2D eigenvalue weighted by Crippen LogP contribution is -2.58. The first kappa shape index (κ1) is 15.0. The third kappa shape index (κ3) is 2.39. The molecule has 1 spiro atoms. The van der Waals surface area contributed by atoms with Gasteiger partial charge < -0.3 is 11.5 Å². The summed E-state index contributed by atoms with van der Waals surface area (Å²) in [5, 5.41) is 0.0789. The summed E-state index contributed by atoms with van der Waals surface area (Å²) in [6.07, 6.45) is 4.11. The zero-order valence-corrected chi connectivity index (χ0v) is 12.6. The van der Waals surface area contributed by atoms with Crippen molar-refractivity contribution in [2.24, 2.45) is 21.5 Å². The van der Waals surface area contributed by atoms with Gasteiger partial charge in [0.2, 0.25) is 11.9 Å². The van der Waals surface area contributed by atoms with Gasteiger partial charge in [-0.2, -0.15) is 4.99 Å². The highest BCUT2D eigenvalue weighted by molar-refractivity contribution is 6.31. The summed E-state index contributed by atoms with van der Waals surface area (Å²) in [7, 11) is 0. The second-order valence-corrected chi connectivity index (χ2v) is 5.98. The molecule has 118 valence electrons. The Morgan fingerprint density at radius 2 is 1.82 bits per heavy atom. The summed E-state index contributed by atoms with van der Waals surface area (Å²) in [4.78, 5) is 9.73. The third-order valence-electron chi connectivity index (χ3n) is 4.07. The predicted molar refractivity (Wildman–Crippen MR) is 82.9 cm³/mol. The smallest absolute Gasteiger partial charge is 0.220 e. The Balaban J connectivity index is 2.16.